The second kappa shape index (κ2) is 9.07. The zero-order chi connectivity index (χ0) is 21.6. The molecular weight excluding hydrogens is 447 g/mol. The van der Waals surface area contributed by atoms with Crippen LogP contribution in [0.3, 0.4) is 0 Å². The lowest BCUT2D eigenvalue weighted by Crippen LogP contribution is -2.48. The van der Waals surface area contributed by atoms with Crippen molar-refractivity contribution < 1.29 is 24.2 Å². The predicted molar refractivity (Wildman–Crippen MR) is 121 cm³/mol. The van der Waals surface area contributed by atoms with E-state index < -0.39 is 28.4 Å². The van der Waals surface area contributed by atoms with Crippen LogP contribution in [0.25, 0.3) is 22.3 Å². The van der Waals surface area contributed by atoms with Gasteiger partial charge in [-0.1, -0.05) is 36.4 Å². The van der Waals surface area contributed by atoms with Crippen LogP contribution in [0.4, 0.5) is 0 Å². The quantitative estimate of drug-likeness (QED) is 0.444. The van der Waals surface area contributed by atoms with Crippen molar-refractivity contribution in [1.82, 2.24) is 0 Å². The summed E-state index contributed by atoms with van der Waals surface area (Å²) in [5.74, 6) is -2.63. The number of aliphatic carboxylic acids is 2. The van der Waals surface area contributed by atoms with Gasteiger partial charge < -0.3 is 26.1 Å². The van der Waals surface area contributed by atoms with Crippen molar-refractivity contribution >= 4 is 47.7 Å². The van der Waals surface area contributed by atoms with Crippen molar-refractivity contribution in [2.75, 3.05) is 0 Å². The summed E-state index contributed by atoms with van der Waals surface area (Å²) in [5.41, 5.74) is 7.85. The highest BCUT2D eigenvalue weighted by molar-refractivity contribution is 5.93. The van der Waals surface area contributed by atoms with Gasteiger partial charge >= 0.3 is 11.9 Å². The first-order valence-corrected chi connectivity index (χ1v) is 8.69. The van der Waals surface area contributed by atoms with Gasteiger partial charge in [0.1, 0.15) is 22.4 Å². The summed E-state index contributed by atoms with van der Waals surface area (Å²) < 4.78 is 5.92. The van der Waals surface area contributed by atoms with Crippen LogP contribution in [0, 0.1) is 0 Å². The minimum Gasteiger partial charge on any atom is -0.480 e. The summed E-state index contributed by atoms with van der Waals surface area (Å²) in [5, 5.41) is 19.4. The van der Waals surface area contributed by atoms with Crippen LogP contribution in [-0.4, -0.2) is 22.2 Å². The fourth-order valence-electron chi connectivity index (χ4n) is 3.13. The Hall–Kier alpha value is -2.91. The van der Waals surface area contributed by atoms with Crippen molar-refractivity contribution in [3.05, 3.63) is 69.9 Å². The molecular formula is C21H22Cl2N2O6. The molecule has 10 heteroatoms. The van der Waals surface area contributed by atoms with Gasteiger partial charge in [0.25, 0.3) is 0 Å². The Morgan fingerprint density at radius 2 is 1.45 bits per heavy atom. The third kappa shape index (κ3) is 4.42. The molecule has 0 aliphatic rings. The molecule has 0 saturated carbocycles. The van der Waals surface area contributed by atoms with E-state index in [0.717, 1.165) is 0 Å². The predicted octanol–water partition coefficient (Wildman–Crippen LogP) is 2.82. The molecule has 6 N–H and O–H groups in total. The fourth-order valence-corrected chi connectivity index (χ4v) is 3.13. The smallest absolute Gasteiger partial charge is 0.328 e. The first-order valence-electron chi connectivity index (χ1n) is 8.69. The van der Waals surface area contributed by atoms with E-state index >= 15 is 0 Å². The molecule has 2 aromatic carbocycles. The van der Waals surface area contributed by atoms with Gasteiger partial charge in [-0.15, -0.1) is 24.8 Å². The van der Waals surface area contributed by atoms with E-state index in [-0.39, 0.29) is 52.7 Å². The van der Waals surface area contributed by atoms with E-state index in [2.05, 4.69) is 0 Å². The summed E-state index contributed by atoms with van der Waals surface area (Å²) in [6, 6.07) is 12.7. The Labute approximate surface area is 189 Å². The first-order chi connectivity index (χ1) is 13.5. The van der Waals surface area contributed by atoms with Crippen LogP contribution in [0.5, 0.6) is 0 Å². The monoisotopic (exact) mass is 468 g/mol. The Morgan fingerprint density at radius 3 is 1.97 bits per heavy atom. The van der Waals surface area contributed by atoms with Gasteiger partial charge in [0.05, 0.1) is 5.39 Å². The molecule has 1 aromatic heterocycles. The second-order valence-electron chi connectivity index (χ2n) is 7.22. The number of hydrogen-bond acceptors (Lipinski definition) is 6. The molecule has 0 amide bonds. The molecule has 0 fully saturated rings. The van der Waals surface area contributed by atoms with Crippen LogP contribution in [-0.2, 0) is 20.7 Å². The molecule has 0 radical (unpaired) electrons. The molecule has 1 heterocycles. The van der Waals surface area contributed by atoms with Gasteiger partial charge in [0, 0.05) is 17.2 Å². The number of benzene rings is 2. The Kier molecular flexibility index (Phi) is 7.64. The van der Waals surface area contributed by atoms with Gasteiger partial charge in [0.2, 0.25) is 0 Å². The molecule has 31 heavy (non-hydrogen) atoms. The Morgan fingerprint density at radius 1 is 0.903 bits per heavy atom. The average Bonchev–Trinajstić information content (AvgIpc) is 2.67. The van der Waals surface area contributed by atoms with E-state index in [9.17, 15) is 24.6 Å². The molecule has 0 spiro atoms. The summed E-state index contributed by atoms with van der Waals surface area (Å²) in [6.45, 7) is 2.41. The first kappa shape index (κ1) is 26.1. The summed E-state index contributed by atoms with van der Waals surface area (Å²) in [6.07, 6.45) is 0. The van der Waals surface area contributed by atoms with Gasteiger partial charge in [-0.25, -0.2) is 9.59 Å². The maximum atomic E-state index is 12.7. The number of halogens is 2. The van der Waals surface area contributed by atoms with E-state index in [1.165, 1.54) is 32.0 Å². The highest BCUT2D eigenvalue weighted by Gasteiger charge is 2.42. The molecule has 3 rings (SSSR count). The third-order valence-electron chi connectivity index (χ3n) is 4.92. The van der Waals surface area contributed by atoms with Crippen LogP contribution in [0.15, 0.2) is 57.7 Å². The van der Waals surface area contributed by atoms with Gasteiger partial charge in [-0.05, 0) is 25.5 Å². The van der Waals surface area contributed by atoms with Crippen LogP contribution >= 0.6 is 24.8 Å². The minimum atomic E-state index is -2.07. The second-order valence-corrected chi connectivity index (χ2v) is 7.22. The lowest BCUT2D eigenvalue weighted by molar-refractivity contribution is -0.144. The van der Waals surface area contributed by atoms with Crippen molar-refractivity contribution in [2.24, 2.45) is 11.5 Å². The van der Waals surface area contributed by atoms with Crippen molar-refractivity contribution in [3.8, 4) is 11.3 Å². The lowest BCUT2D eigenvalue weighted by Gasteiger charge is -2.29. The number of fused-ring (bicyclic) bond motifs is 1. The molecule has 0 saturated heterocycles. The SMILES string of the molecule is C[C@@](N)(C(=O)O)c1ccc2c(=O)cc(-c3ccccc3)oc2c1[C@](C)(N)C(=O)O.Cl.Cl. The number of carbonyl (C=O) groups is 2. The lowest BCUT2D eigenvalue weighted by atomic mass is 9.80. The molecule has 166 valence electrons. The van der Waals surface area contributed by atoms with E-state index in [1.54, 1.807) is 30.3 Å². The average molecular weight is 469 g/mol. The van der Waals surface area contributed by atoms with Crippen LogP contribution in [0.1, 0.15) is 25.0 Å². The molecule has 8 nitrogen and oxygen atoms in total. The van der Waals surface area contributed by atoms with Crippen LogP contribution in [0.2, 0.25) is 0 Å². The standard InChI is InChI=1S/C21H20N2O6.2ClH/c1-20(22,18(25)26)13-9-8-12-14(24)10-15(11-6-4-3-5-7-11)29-17(12)16(13)21(2,23)19(27)28;;/h3-10H,22-23H2,1-2H3,(H,25,26)(H,27,28);2*1H/t20-,21-;;/m0../s1. The highest BCUT2D eigenvalue weighted by atomic mass is 35.5. The highest BCUT2D eigenvalue weighted by Crippen LogP contribution is 2.36. The van der Waals surface area contributed by atoms with Crippen molar-refractivity contribution in [2.45, 2.75) is 24.9 Å². The maximum absolute atomic E-state index is 12.7. The number of nitrogens with two attached hydrogens (primary N) is 2. The maximum Gasteiger partial charge on any atom is 0.328 e. The van der Waals surface area contributed by atoms with Crippen molar-refractivity contribution in [3.63, 3.8) is 0 Å². The topological polar surface area (TPSA) is 157 Å². The Balaban J connectivity index is 0.00000240. The van der Waals surface area contributed by atoms with E-state index in [1.807, 2.05) is 0 Å². The van der Waals surface area contributed by atoms with Crippen molar-refractivity contribution in [1.29, 1.82) is 0 Å². The molecule has 3 aromatic rings. The van der Waals surface area contributed by atoms with Gasteiger partial charge in [-0.3, -0.25) is 4.79 Å². The summed E-state index contributed by atoms with van der Waals surface area (Å²) in [4.78, 5) is 36.4. The number of hydrogen-bond donors (Lipinski definition) is 4. The third-order valence-corrected chi connectivity index (χ3v) is 4.92. The van der Waals surface area contributed by atoms with E-state index in [4.69, 9.17) is 15.9 Å². The minimum absolute atomic E-state index is 0. The molecule has 0 unspecified atom stereocenters. The summed E-state index contributed by atoms with van der Waals surface area (Å²) in [7, 11) is 0. The summed E-state index contributed by atoms with van der Waals surface area (Å²) >= 11 is 0. The molecule has 0 aliphatic heterocycles. The largest absolute Gasteiger partial charge is 0.480 e. The zero-order valence-corrected chi connectivity index (χ0v) is 18.3. The normalized spacial score (nSPS) is 14.5. The molecule has 2 atom stereocenters. The van der Waals surface area contributed by atoms with Gasteiger partial charge in [0.15, 0.2) is 5.43 Å². The van der Waals surface area contributed by atoms with Crippen LogP contribution < -0.4 is 16.9 Å². The Bertz CT molecular complexity index is 1190. The molecule has 0 bridgehead atoms. The zero-order valence-electron chi connectivity index (χ0n) is 16.6. The number of rotatable bonds is 5. The molecule has 0 aliphatic carbocycles. The number of carboxylic acids is 2. The fraction of sp³-hybridized carbons (Fsp3) is 0.190. The number of carboxylic acid groups (broad SMARTS) is 2. The van der Waals surface area contributed by atoms with Gasteiger partial charge in [-0.2, -0.15) is 0 Å². The van der Waals surface area contributed by atoms with E-state index in [0.29, 0.717) is 5.56 Å².